The predicted molar refractivity (Wildman–Crippen MR) is 590 cm³/mol. The summed E-state index contributed by atoms with van der Waals surface area (Å²) in [5, 5.41) is 0. The van der Waals surface area contributed by atoms with Crippen molar-refractivity contribution in [2.24, 2.45) is 0 Å². The van der Waals surface area contributed by atoms with Crippen LogP contribution in [0.15, 0.2) is 514 Å². The Morgan fingerprint density at radius 1 is 0.186 bits per heavy atom. The number of hydrogen-bond acceptors (Lipinski definition) is 6. The van der Waals surface area contributed by atoms with E-state index in [1.807, 2.05) is 0 Å². The molecule has 688 valence electrons. The minimum Gasteiger partial charge on any atom is -0.329 e. The molecule has 0 bridgehead atoms. The van der Waals surface area contributed by atoms with E-state index in [0.717, 1.165) is 32.1 Å². The van der Waals surface area contributed by atoms with E-state index >= 15 is 0 Å². The molecule has 17 aliphatic rings. The van der Waals surface area contributed by atoms with E-state index in [1.165, 1.54) is 237 Å². The third-order valence-corrected chi connectivity index (χ3v) is 32.7. The van der Waals surface area contributed by atoms with Crippen LogP contribution in [0.2, 0.25) is 0 Å². The van der Waals surface area contributed by atoms with E-state index in [0.29, 0.717) is 6.04 Å². The van der Waals surface area contributed by atoms with Crippen molar-refractivity contribution in [1.29, 1.82) is 0 Å². The van der Waals surface area contributed by atoms with Gasteiger partial charge in [0.05, 0.1) is 120 Å². The molecule has 0 spiro atoms. The Hall–Kier alpha value is -18.3. The first-order chi connectivity index (χ1) is 72.1. The Morgan fingerprint density at radius 3 is 0.972 bits per heavy atom. The molecule has 0 saturated heterocycles. The second-order valence-corrected chi connectivity index (χ2v) is 39.7. The molecule has 5 unspecified atom stereocenters. The summed E-state index contributed by atoms with van der Waals surface area (Å²) in [6.07, 6.45) is 41.9. The number of aromatic nitrogens is 6. The van der Waals surface area contributed by atoms with Gasteiger partial charge < -0.3 is 56.8 Å². The zero-order valence-corrected chi connectivity index (χ0v) is 79.6. The monoisotopic (exact) mass is 1860 g/mol. The molecule has 13 aromatic carbocycles. The fraction of sp³-hybridized carbons (Fsp3) is 0.0827. The van der Waals surface area contributed by atoms with E-state index in [1.54, 1.807) is 0 Å². The van der Waals surface area contributed by atoms with Crippen molar-refractivity contribution in [3.8, 4) is 45.3 Å². The smallest absolute Gasteiger partial charge is 0.115 e. The van der Waals surface area contributed by atoms with Gasteiger partial charge in [-0.05, 0) is 275 Å². The van der Waals surface area contributed by atoms with Gasteiger partial charge in [0.1, 0.15) is 24.2 Å². The molecule has 19 aromatic rings. The molecule has 6 aromatic heterocycles. The number of hydrogen-bond donors (Lipinski definition) is 0. The van der Waals surface area contributed by atoms with Crippen LogP contribution in [0.4, 0.5) is 62.6 Å². The van der Waals surface area contributed by atoms with Crippen molar-refractivity contribution < 1.29 is 0 Å². The van der Waals surface area contributed by atoms with Crippen LogP contribution in [0.25, 0.3) is 73.1 Å². The number of benzene rings is 13. The Kier molecular flexibility index (Phi) is 18.1. The first-order valence-electron chi connectivity index (χ1n) is 51.1. The second-order valence-electron chi connectivity index (χ2n) is 39.7. The minimum atomic E-state index is 0.194. The van der Waals surface area contributed by atoms with Crippen LogP contribution in [0, 0.1) is 0 Å². The van der Waals surface area contributed by atoms with Gasteiger partial charge in [0, 0.05) is 99.0 Å². The summed E-state index contributed by atoms with van der Waals surface area (Å²) in [4.78, 5) is 15.1. The van der Waals surface area contributed by atoms with E-state index in [-0.39, 0.29) is 30.2 Å². The van der Waals surface area contributed by atoms with Gasteiger partial charge in [-0.3, -0.25) is 0 Å². The average Bonchev–Trinajstić information content (AvgIpc) is 1.26. The molecular weight excluding hydrogens is 1770 g/mol. The summed E-state index contributed by atoms with van der Waals surface area (Å²) >= 11 is 0. The highest BCUT2D eigenvalue weighted by Crippen LogP contribution is 2.64. The summed E-state index contributed by atoms with van der Waals surface area (Å²) in [6, 6.07) is 142. The number of para-hydroxylation sites is 17. The molecule has 12 heteroatoms. The maximum Gasteiger partial charge on any atom is 0.115 e. The molecule has 145 heavy (non-hydrogen) atoms. The Bertz CT molecular complexity index is 8880. The largest absolute Gasteiger partial charge is 0.329 e. The molecule has 0 saturated carbocycles. The van der Waals surface area contributed by atoms with Gasteiger partial charge in [-0.2, -0.15) is 0 Å². The molecule has 5 aliphatic carbocycles. The summed E-state index contributed by atoms with van der Waals surface area (Å²) in [7, 11) is 0. The number of allylic oxidation sites excluding steroid dienone is 12. The second kappa shape index (κ2) is 32.1. The van der Waals surface area contributed by atoms with Crippen LogP contribution < -0.4 is 29.4 Å². The highest BCUT2D eigenvalue weighted by Gasteiger charge is 2.49. The lowest BCUT2D eigenvalue weighted by Gasteiger charge is -2.46. The number of anilines is 11. The maximum atomic E-state index is 2.57. The van der Waals surface area contributed by atoms with Crippen molar-refractivity contribution in [3.05, 3.63) is 587 Å². The van der Waals surface area contributed by atoms with Crippen LogP contribution in [-0.4, -0.2) is 27.4 Å². The van der Waals surface area contributed by atoms with Crippen molar-refractivity contribution in [2.45, 2.75) is 68.4 Å². The Morgan fingerprint density at radius 2 is 0.490 bits per heavy atom. The van der Waals surface area contributed by atoms with Gasteiger partial charge in [-0.1, -0.05) is 273 Å². The van der Waals surface area contributed by atoms with E-state index in [4.69, 9.17) is 0 Å². The molecule has 12 aliphatic heterocycles. The van der Waals surface area contributed by atoms with E-state index < -0.39 is 0 Å². The Balaban J connectivity index is 0.0000000792. The number of nitrogens with zero attached hydrogens (tertiary/aromatic N) is 12. The molecule has 0 radical (unpaired) electrons. The summed E-state index contributed by atoms with van der Waals surface area (Å²) in [5.74, 6) is 0. The first kappa shape index (κ1) is 81.6. The summed E-state index contributed by atoms with van der Waals surface area (Å²) < 4.78 is 14.0. The third-order valence-electron chi connectivity index (χ3n) is 32.7. The lowest BCUT2D eigenvalue weighted by atomic mass is 9.78. The first-order valence-corrected chi connectivity index (χ1v) is 51.1. The van der Waals surface area contributed by atoms with Gasteiger partial charge in [-0.25, -0.2) is 0 Å². The van der Waals surface area contributed by atoms with Crippen LogP contribution >= 0.6 is 0 Å². The molecule has 5 atom stereocenters. The quantitative estimate of drug-likeness (QED) is 0.151. The lowest BCUT2D eigenvalue weighted by Crippen LogP contribution is -2.37. The SMILES string of the molecule is C1=C2C(=CC1)C1c3cccn3-c3ccccc3N1c1ccccc12.C1=C2C(=CC1)N1c3ccccc3C3=CCC=C3C1c1ccccc12.C1=CC2=C(C1)C1c3cccn3-c3ccccc3N1c1ccccc12.C1=CC2=C(C1)c1ccccc1N1c3ccccc3-n3cccc3C21.c1ccc2c(c1)-c1ccccc1N1c3ccccc3-n3cccc3C21.c1ccc2c(c1)N1c3ccccc3-n3cccc3C1c1cccn1-2. The Labute approximate surface area is 842 Å². The molecule has 0 N–H and O–H groups in total. The van der Waals surface area contributed by atoms with Crippen molar-refractivity contribution in [3.63, 3.8) is 0 Å². The maximum absolute atomic E-state index is 2.57. The zero-order valence-electron chi connectivity index (χ0n) is 79.6. The minimum absolute atomic E-state index is 0.194. The predicted octanol–water partition coefficient (Wildman–Crippen LogP) is 32.4. The lowest BCUT2D eigenvalue weighted by molar-refractivity contribution is 0.672. The van der Waals surface area contributed by atoms with E-state index in [9.17, 15) is 0 Å². The molecule has 36 rings (SSSR count). The summed E-state index contributed by atoms with van der Waals surface area (Å²) in [5.41, 5.74) is 56.5. The fourth-order valence-electron chi connectivity index (χ4n) is 27.0. The topological polar surface area (TPSA) is 49.0 Å². The molecule has 0 fully saturated rings. The average molecular weight is 1860 g/mol. The normalized spacial score (nSPS) is 18.6. The van der Waals surface area contributed by atoms with Crippen molar-refractivity contribution in [1.82, 2.24) is 27.4 Å². The van der Waals surface area contributed by atoms with Crippen LogP contribution in [0.5, 0.6) is 0 Å². The molecule has 0 amide bonds. The van der Waals surface area contributed by atoms with Gasteiger partial charge in [0.2, 0.25) is 0 Å². The van der Waals surface area contributed by atoms with Crippen LogP contribution in [-0.2, 0) is 0 Å². The highest BCUT2D eigenvalue weighted by molar-refractivity contribution is 6.03. The molecule has 18 heterocycles. The fourth-order valence-corrected chi connectivity index (χ4v) is 27.0. The molecular formula is C133H96N12. The summed E-state index contributed by atoms with van der Waals surface area (Å²) in [6.45, 7) is 0. The van der Waals surface area contributed by atoms with Gasteiger partial charge in [-0.15, -0.1) is 0 Å². The van der Waals surface area contributed by atoms with Gasteiger partial charge >= 0.3 is 0 Å². The standard InChI is InChI=1S/C23H16N2.C23H17N.3C22H16N2.C21H15N3/c1-2-10-18-16(8-1)17-9-3-4-11-19(17)25-21-13-6-5-12-20(21)24-15-7-14-22(24)23(18)25;1-2-9-19-15(7-1)18-11-6-14-22(18)24-21-13-4-3-8-17(21)16-10-5-12-20(16)23(19)24;3*1-2-10-18-16(7-1)15-8-5-9-17(15)22-21-13-6-14-23(21)19-11-3-4-12-20(19)24(18)22;1-3-9-17-15(7-1)22-13-5-11-19(22)21-20-12-6-14-23(20)16-8-2-4-10-18(16)24(17)21/h1-15,23H;1-4,7-14,23H,5-6H2;1-4,6-14,22H,5H2;1-7,9-14,22H,8H2;1-8,10-14,22H,9H2;1-14,21H. The van der Waals surface area contributed by atoms with Crippen LogP contribution in [0.1, 0.15) is 141 Å². The highest BCUT2D eigenvalue weighted by atomic mass is 15.3. The van der Waals surface area contributed by atoms with Crippen molar-refractivity contribution >= 4 is 90.4 Å². The number of fused-ring (bicyclic) bond motifs is 64. The zero-order chi connectivity index (χ0) is 94.7. The molecule has 12 nitrogen and oxygen atoms in total. The van der Waals surface area contributed by atoms with E-state index in [2.05, 4.69) is 543 Å². The third kappa shape index (κ3) is 11.9. The van der Waals surface area contributed by atoms with Crippen LogP contribution in [0.3, 0.4) is 0 Å². The van der Waals surface area contributed by atoms with Gasteiger partial charge in [0.15, 0.2) is 0 Å². The van der Waals surface area contributed by atoms with Gasteiger partial charge in [0.25, 0.3) is 0 Å². The van der Waals surface area contributed by atoms with Crippen molar-refractivity contribution in [2.75, 3.05) is 29.4 Å². The number of rotatable bonds is 0.